The van der Waals surface area contributed by atoms with Crippen LogP contribution in [-0.2, 0) is 15.7 Å². The van der Waals surface area contributed by atoms with Crippen LogP contribution < -0.4 is 15.5 Å². The number of nitrogens with one attached hydrogen (secondary N) is 2. The second-order valence-corrected chi connectivity index (χ2v) is 11.7. The third-order valence-electron chi connectivity index (χ3n) is 6.93. The molecule has 3 aromatic carbocycles. The lowest BCUT2D eigenvalue weighted by Crippen LogP contribution is -2.40. The molecular weight excluding hydrogens is 640 g/mol. The first kappa shape index (κ1) is 32.6. The highest BCUT2D eigenvalue weighted by atomic mass is 32.2. The van der Waals surface area contributed by atoms with E-state index in [1.807, 2.05) is 38.1 Å². The second-order valence-electron chi connectivity index (χ2n) is 10.3. The number of thioether (sulfide) groups is 1. The van der Waals surface area contributed by atoms with E-state index in [2.05, 4.69) is 25.7 Å². The topological polar surface area (TPSA) is 114 Å². The van der Waals surface area contributed by atoms with Crippen LogP contribution in [0.5, 0.6) is 0 Å². The van der Waals surface area contributed by atoms with Crippen LogP contribution in [0.2, 0.25) is 0 Å². The smallest absolute Gasteiger partial charge is 0.416 e. The number of amidine groups is 1. The van der Waals surface area contributed by atoms with Gasteiger partial charge in [0.15, 0.2) is 16.1 Å². The van der Waals surface area contributed by atoms with Crippen molar-refractivity contribution in [1.29, 1.82) is 0 Å². The molecule has 0 bridgehead atoms. The molecule has 0 aliphatic carbocycles. The van der Waals surface area contributed by atoms with Crippen molar-refractivity contribution in [3.8, 4) is 17.1 Å². The van der Waals surface area contributed by atoms with Crippen molar-refractivity contribution in [1.82, 2.24) is 25.4 Å². The van der Waals surface area contributed by atoms with Gasteiger partial charge in [-0.15, -0.1) is 5.10 Å². The van der Waals surface area contributed by atoms with Gasteiger partial charge >= 0.3 is 12.3 Å². The number of alkyl halides is 3. The number of thiocarbonyl (C=S) groups is 1. The van der Waals surface area contributed by atoms with E-state index in [4.69, 9.17) is 17.0 Å². The van der Waals surface area contributed by atoms with Crippen molar-refractivity contribution in [2.24, 2.45) is 4.99 Å². The lowest BCUT2D eigenvalue weighted by Gasteiger charge is -2.23. The molecule has 1 unspecified atom stereocenters. The monoisotopic (exact) mass is 667 g/mol. The summed E-state index contributed by atoms with van der Waals surface area (Å²) in [5, 5.41) is 10.5. The summed E-state index contributed by atoms with van der Waals surface area (Å²) in [4.78, 5) is 35.5. The summed E-state index contributed by atoms with van der Waals surface area (Å²) in [6, 6.07) is 19.1. The fourth-order valence-electron chi connectivity index (χ4n) is 4.63. The molecule has 1 atom stereocenters. The molecule has 1 aliphatic rings. The normalized spacial score (nSPS) is 14.9. The zero-order valence-corrected chi connectivity index (χ0v) is 26.4. The third kappa shape index (κ3) is 7.37. The number of carbonyl (C=O) groups excluding carboxylic acids is 2. The van der Waals surface area contributed by atoms with Gasteiger partial charge in [-0.2, -0.15) is 18.2 Å². The van der Waals surface area contributed by atoms with E-state index in [1.54, 1.807) is 29.2 Å². The van der Waals surface area contributed by atoms with E-state index in [0.29, 0.717) is 27.8 Å². The molecule has 0 radical (unpaired) electrons. The number of aromatic nitrogens is 3. The predicted molar refractivity (Wildman–Crippen MR) is 174 cm³/mol. The number of rotatable bonds is 7. The minimum atomic E-state index is -4.44. The van der Waals surface area contributed by atoms with Gasteiger partial charge in [0.1, 0.15) is 12.5 Å². The van der Waals surface area contributed by atoms with Gasteiger partial charge in [-0.25, -0.2) is 14.5 Å². The van der Waals surface area contributed by atoms with E-state index >= 15 is 0 Å². The summed E-state index contributed by atoms with van der Waals surface area (Å²) in [5.74, 6) is 0.602. The van der Waals surface area contributed by atoms with Crippen molar-refractivity contribution < 1.29 is 27.5 Å². The first-order valence-corrected chi connectivity index (χ1v) is 15.3. The van der Waals surface area contributed by atoms with E-state index in [0.717, 1.165) is 23.4 Å². The van der Waals surface area contributed by atoms with Gasteiger partial charge < -0.3 is 10.1 Å². The molecule has 1 fully saturated rings. The maximum atomic E-state index is 12.9. The standard InChI is InChI=1S/C31H28F3N7O3S2/c1-18(2)23-6-4-5-7-24(23)41-25(42)16-46-29(41)38-28(45)36-27(37-30(43)44-3)20-10-8-19(9-11-20)26-35-17-40(39-26)22-14-12-21(13-15-22)31(32,33)34/h4-15,17-18,27H,16H2,1-3H3,(H,36,45)(H,37,43). The maximum Gasteiger partial charge on any atom is 0.416 e. The SMILES string of the molecule is COC(=O)NC(NC(=S)N=C1SCC(=O)N1c1ccccc1C(C)C)c1ccc(-c2ncn(-c3ccc(C(F)(F)F)cc3)n2)cc1. The molecule has 10 nitrogen and oxygen atoms in total. The number of alkyl carbamates (subject to hydrolysis) is 1. The third-order valence-corrected chi connectivity index (χ3v) is 8.06. The zero-order valence-electron chi connectivity index (χ0n) is 24.8. The van der Waals surface area contributed by atoms with Crippen molar-refractivity contribution in [3.05, 3.63) is 95.8 Å². The van der Waals surface area contributed by atoms with Gasteiger partial charge in [0.05, 0.1) is 29.8 Å². The molecule has 238 valence electrons. The van der Waals surface area contributed by atoms with Gasteiger partial charge in [-0.1, -0.05) is 68.1 Å². The molecule has 1 aliphatic heterocycles. The van der Waals surface area contributed by atoms with Crippen LogP contribution in [0.15, 0.2) is 84.1 Å². The molecule has 1 aromatic heterocycles. The Hall–Kier alpha value is -4.76. The molecule has 1 saturated heterocycles. The van der Waals surface area contributed by atoms with Crippen molar-refractivity contribution in [2.45, 2.75) is 32.1 Å². The van der Waals surface area contributed by atoms with Gasteiger partial charge in [-0.05, 0) is 59.6 Å². The molecule has 15 heteroatoms. The van der Waals surface area contributed by atoms with Crippen LogP contribution in [0.3, 0.4) is 0 Å². The molecular formula is C31H28F3N7O3S2. The lowest BCUT2D eigenvalue weighted by molar-refractivity contribution is -0.137. The van der Waals surface area contributed by atoms with Crippen molar-refractivity contribution in [2.75, 3.05) is 17.8 Å². The van der Waals surface area contributed by atoms with Crippen LogP contribution in [-0.4, -0.2) is 49.9 Å². The van der Waals surface area contributed by atoms with Crippen LogP contribution in [0.1, 0.15) is 42.6 Å². The Bertz CT molecular complexity index is 1780. The van der Waals surface area contributed by atoms with Crippen molar-refractivity contribution in [3.63, 3.8) is 0 Å². The number of halogens is 3. The number of anilines is 1. The quantitative estimate of drug-likeness (QED) is 0.171. The molecule has 5 rings (SSSR count). The molecule has 4 aromatic rings. The van der Waals surface area contributed by atoms with Crippen LogP contribution in [0.25, 0.3) is 17.1 Å². The van der Waals surface area contributed by atoms with Crippen LogP contribution >= 0.6 is 24.0 Å². The second kappa shape index (κ2) is 13.7. The van der Waals surface area contributed by atoms with Gasteiger partial charge in [-0.3, -0.25) is 15.0 Å². The molecule has 2 amide bonds. The highest BCUT2D eigenvalue weighted by Crippen LogP contribution is 2.33. The molecule has 0 saturated carbocycles. The largest absolute Gasteiger partial charge is 0.453 e. The number of hydrogen-bond donors (Lipinski definition) is 2. The minimum Gasteiger partial charge on any atom is -0.453 e. The Morgan fingerprint density at radius 2 is 1.74 bits per heavy atom. The van der Waals surface area contributed by atoms with E-state index < -0.39 is 24.0 Å². The summed E-state index contributed by atoms with van der Waals surface area (Å²) in [5.41, 5.74) is 2.60. The summed E-state index contributed by atoms with van der Waals surface area (Å²) in [6.45, 7) is 4.09. The van der Waals surface area contributed by atoms with Crippen LogP contribution in [0.4, 0.5) is 23.7 Å². The summed E-state index contributed by atoms with van der Waals surface area (Å²) >= 11 is 6.80. The molecule has 0 spiro atoms. The van der Waals surface area contributed by atoms with Gasteiger partial charge in [0.25, 0.3) is 0 Å². The number of methoxy groups -OCH3 is 1. The summed E-state index contributed by atoms with van der Waals surface area (Å²) in [6.07, 6.45) is -4.60. The zero-order chi connectivity index (χ0) is 33.0. The Labute approximate surface area is 272 Å². The number of para-hydroxylation sites is 1. The van der Waals surface area contributed by atoms with Gasteiger partial charge in [0, 0.05) is 5.56 Å². The highest BCUT2D eigenvalue weighted by molar-refractivity contribution is 8.15. The molecule has 46 heavy (non-hydrogen) atoms. The first-order chi connectivity index (χ1) is 21.9. The van der Waals surface area contributed by atoms with Crippen molar-refractivity contribution >= 4 is 51.9 Å². The Morgan fingerprint density at radius 1 is 1.04 bits per heavy atom. The van der Waals surface area contributed by atoms with E-state index in [-0.39, 0.29) is 22.7 Å². The maximum absolute atomic E-state index is 12.9. The molecule has 2 N–H and O–H groups in total. The lowest BCUT2D eigenvalue weighted by atomic mass is 10.0. The Morgan fingerprint density at radius 3 is 2.39 bits per heavy atom. The van der Waals surface area contributed by atoms with Gasteiger partial charge in [0.2, 0.25) is 5.91 Å². The number of hydrogen-bond acceptors (Lipinski definition) is 7. The van der Waals surface area contributed by atoms with E-state index in [1.165, 1.54) is 42.0 Å². The number of ether oxygens (including phenoxy) is 1. The number of nitrogens with zero attached hydrogens (tertiary/aromatic N) is 5. The summed E-state index contributed by atoms with van der Waals surface area (Å²) < 4.78 is 44.9. The average molecular weight is 668 g/mol. The highest BCUT2D eigenvalue weighted by Gasteiger charge is 2.32. The van der Waals surface area contributed by atoms with E-state index in [9.17, 15) is 22.8 Å². The number of carbonyl (C=O) groups is 2. The predicted octanol–water partition coefficient (Wildman–Crippen LogP) is 6.44. The first-order valence-electron chi connectivity index (χ1n) is 13.9. The minimum absolute atomic E-state index is 0.0339. The van der Waals surface area contributed by atoms with Crippen LogP contribution in [0, 0.1) is 0 Å². The summed E-state index contributed by atoms with van der Waals surface area (Å²) in [7, 11) is 1.23. The average Bonchev–Trinajstić information content (AvgIpc) is 3.67. The number of aliphatic imine (C=N–C) groups is 1. The Balaban J connectivity index is 1.34. The number of amides is 2. The molecule has 2 heterocycles. The fourth-order valence-corrected chi connectivity index (χ4v) is 5.76. The fraction of sp³-hybridized carbons (Fsp3) is 0.226. The Kier molecular flexibility index (Phi) is 9.72. The number of benzene rings is 3.